The van der Waals surface area contributed by atoms with Crippen molar-refractivity contribution in [2.24, 2.45) is 5.92 Å². The molecule has 3 rings (SSSR count). The van der Waals surface area contributed by atoms with E-state index in [2.05, 4.69) is 5.32 Å². The van der Waals surface area contributed by atoms with Gasteiger partial charge in [0.05, 0.1) is 24.7 Å². The summed E-state index contributed by atoms with van der Waals surface area (Å²) >= 11 is 0. The molecule has 0 bridgehead atoms. The molecule has 1 saturated heterocycles. The topological polar surface area (TPSA) is 77.2 Å². The lowest BCUT2D eigenvalue weighted by molar-refractivity contribution is -0.149. The molecule has 1 aliphatic carbocycles. The molecule has 6 nitrogen and oxygen atoms in total. The van der Waals surface area contributed by atoms with Gasteiger partial charge in [-0.1, -0.05) is 30.3 Å². The summed E-state index contributed by atoms with van der Waals surface area (Å²) in [5.41, 5.74) is 0.925. The summed E-state index contributed by atoms with van der Waals surface area (Å²) in [4.78, 5) is 23.6. The average molecular weight is 305 g/mol. The second-order valence-electron chi connectivity index (χ2n) is 5.47. The van der Waals surface area contributed by atoms with Gasteiger partial charge in [-0.2, -0.15) is 0 Å². The molecule has 1 heterocycles. The number of hydrogen-bond acceptors (Lipinski definition) is 5. The molecule has 1 saturated carbocycles. The average Bonchev–Trinajstić information content (AvgIpc) is 3.24. The minimum Gasteiger partial charge on any atom is -0.466 e. The Morgan fingerprint density at radius 1 is 1.23 bits per heavy atom. The van der Waals surface area contributed by atoms with Crippen molar-refractivity contribution in [2.45, 2.75) is 38.2 Å². The second kappa shape index (κ2) is 6.36. The predicted octanol–water partition coefficient (Wildman–Crippen LogP) is 1.63. The highest BCUT2D eigenvalue weighted by Gasteiger charge is 2.60. The number of amides is 1. The van der Waals surface area contributed by atoms with Crippen LogP contribution in [-0.2, 0) is 25.6 Å². The monoisotopic (exact) mass is 305 g/mol. The van der Waals surface area contributed by atoms with Gasteiger partial charge in [0.1, 0.15) is 12.7 Å². The first kappa shape index (κ1) is 14.8. The van der Waals surface area contributed by atoms with Gasteiger partial charge < -0.3 is 19.5 Å². The number of nitrogens with one attached hydrogen (secondary N) is 1. The van der Waals surface area contributed by atoms with E-state index in [9.17, 15) is 9.59 Å². The van der Waals surface area contributed by atoms with Crippen LogP contribution >= 0.6 is 0 Å². The van der Waals surface area contributed by atoms with Crippen LogP contribution in [0, 0.1) is 5.92 Å². The fraction of sp³-hybridized carbons (Fsp3) is 0.500. The van der Waals surface area contributed by atoms with Crippen molar-refractivity contribution in [1.29, 1.82) is 0 Å². The number of ether oxygens (including phenoxy) is 3. The van der Waals surface area contributed by atoms with Crippen LogP contribution in [0.5, 0.6) is 0 Å². The summed E-state index contributed by atoms with van der Waals surface area (Å²) in [6.07, 6.45) is -0.181. The van der Waals surface area contributed by atoms with Crippen molar-refractivity contribution in [3.05, 3.63) is 35.9 Å². The minimum absolute atomic E-state index is 0.0984. The first-order valence-electron chi connectivity index (χ1n) is 7.48. The third kappa shape index (κ3) is 3.22. The number of rotatable bonds is 5. The van der Waals surface area contributed by atoms with Crippen molar-refractivity contribution >= 4 is 12.1 Å². The van der Waals surface area contributed by atoms with Crippen LogP contribution in [0.2, 0.25) is 0 Å². The quantitative estimate of drug-likeness (QED) is 0.661. The molecule has 1 aromatic carbocycles. The Kier molecular flexibility index (Phi) is 4.29. The number of carbonyl (C=O) groups excluding carboxylic acids is 2. The second-order valence-corrected chi connectivity index (χ2v) is 5.47. The van der Waals surface area contributed by atoms with Crippen molar-refractivity contribution < 1.29 is 23.8 Å². The molecule has 1 amide bonds. The molecule has 0 aromatic heterocycles. The maximum absolute atomic E-state index is 11.8. The van der Waals surface area contributed by atoms with E-state index < -0.39 is 6.09 Å². The summed E-state index contributed by atoms with van der Waals surface area (Å²) in [6, 6.07) is 9.27. The van der Waals surface area contributed by atoms with E-state index >= 15 is 0 Å². The molecule has 0 unspecified atom stereocenters. The molecular formula is C16H19NO5. The molecule has 1 aromatic rings. The van der Waals surface area contributed by atoms with Crippen LogP contribution in [0.3, 0.4) is 0 Å². The van der Waals surface area contributed by atoms with E-state index in [1.165, 1.54) is 0 Å². The van der Waals surface area contributed by atoms with Gasteiger partial charge in [-0.25, -0.2) is 4.79 Å². The molecule has 0 spiro atoms. The first-order valence-corrected chi connectivity index (χ1v) is 7.48. The Labute approximate surface area is 128 Å². The third-order valence-corrected chi connectivity index (χ3v) is 3.97. The molecule has 118 valence electrons. The normalized spacial score (nSPS) is 28.6. The van der Waals surface area contributed by atoms with Crippen LogP contribution < -0.4 is 5.32 Å². The van der Waals surface area contributed by atoms with E-state index in [0.717, 1.165) is 5.56 Å². The van der Waals surface area contributed by atoms with Gasteiger partial charge in [-0.3, -0.25) is 4.79 Å². The van der Waals surface area contributed by atoms with Gasteiger partial charge in [0.15, 0.2) is 0 Å². The maximum Gasteiger partial charge on any atom is 0.407 e. The van der Waals surface area contributed by atoms with Crippen LogP contribution in [0.1, 0.15) is 18.9 Å². The molecule has 22 heavy (non-hydrogen) atoms. The minimum atomic E-state index is -0.493. The third-order valence-electron chi connectivity index (χ3n) is 3.97. The summed E-state index contributed by atoms with van der Waals surface area (Å²) in [7, 11) is 0. The van der Waals surface area contributed by atoms with Crippen molar-refractivity contribution in [1.82, 2.24) is 5.32 Å². The first-order chi connectivity index (χ1) is 10.7. The SMILES string of the molecule is CCOC(=O)[C@@H]1C[C@H](NC(=O)OCc2ccccc2)[C@@H]2O[C@@H]21. The van der Waals surface area contributed by atoms with Gasteiger partial charge in [-0.15, -0.1) is 0 Å². The number of carbonyl (C=O) groups is 2. The lowest BCUT2D eigenvalue weighted by atomic mass is 10.1. The summed E-state index contributed by atoms with van der Waals surface area (Å²) in [5, 5.41) is 2.77. The molecular weight excluding hydrogens is 286 g/mol. The molecule has 6 heteroatoms. The smallest absolute Gasteiger partial charge is 0.407 e. The van der Waals surface area contributed by atoms with Crippen molar-refractivity contribution in [3.8, 4) is 0 Å². The van der Waals surface area contributed by atoms with E-state index in [0.29, 0.717) is 13.0 Å². The van der Waals surface area contributed by atoms with Crippen LogP contribution in [0.15, 0.2) is 30.3 Å². The van der Waals surface area contributed by atoms with Gasteiger partial charge in [-0.05, 0) is 18.9 Å². The fourth-order valence-electron chi connectivity index (χ4n) is 2.86. The molecule has 0 radical (unpaired) electrons. The van der Waals surface area contributed by atoms with Gasteiger partial charge in [0, 0.05) is 0 Å². The zero-order chi connectivity index (χ0) is 15.5. The Hall–Kier alpha value is -2.08. The van der Waals surface area contributed by atoms with Crippen LogP contribution in [0.25, 0.3) is 0 Å². The van der Waals surface area contributed by atoms with Gasteiger partial charge in [0.25, 0.3) is 0 Å². The fourth-order valence-corrected chi connectivity index (χ4v) is 2.86. The highest BCUT2D eigenvalue weighted by atomic mass is 16.6. The molecule has 2 aliphatic rings. The number of epoxide rings is 1. The lowest BCUT2D eigenvalue weighted by Crippen LogP contribution is -2.38. The largest absolute Gasteiger partial charge is 0.466 e. The van der Waals surface area contributed by atoms with Crippen molar-refractivity contribution in [3.63, 3.8) is 0 Å². The van der Waals surface area contributed by atoms with Crippen LogP contribution in [-0.4, -0.2) is 36.9 Å². The zero-order valence-corrected chi connectivity index (χ0v) is 12.4. The number of fused-ring (bicyclic) bond motifs is 1. The summed E-state index contributed by atoms with van der Waals surface area (Å²) in [6.45, 7) is 2.34. The van der Waals surface area contributed by atoms with E-state index in [4.69, 9.17) is 14.2 Å². The Balaban J connectivity index is 1.46. The summed E-state index contributed by atoms with van der Waals surface area (Å²) in [5.74, 6) is -0.540. The van der Waals surface area contributed by atoms with Crippen LogP contribution in [0.4, 0.5) is 4.79 Å². The number of benzene rings is 1. The van der Waals surface area contributed by atoms with Gasteiger partial charge >= 0.3 is 12.1 Å². The number of hydrogen-bond donors (Lipinski definition) is 1. The Morgan fingerprint density at radius 2 is 2.00 bits per heavy atom. The highest BCUT2D eigenvalue weighted by Crippen LogP contribution is 2.43. The zero-order valence-electron chi connectivity index (χ0n) is 12.4. The van der Waals surface area contributed by atoms with Crippen molar-refractivity contribution in [2.75, 3.05) is 6.61 Å². The molecule has 4 atom stereocenters. The molecule has 1 aliphatic heterocycles. The lowest BCUT2D eigenvalue weighted by Gasteiger charge is -2.16. The maximum atomic E-state index is 11.8. The highest BCUT2D eigenvalue weighted by molar-refractivity contribution is 5.75. The number of alkyl carbamates (subject to hydrolysis) is 1. The molecule has 2 fully saturated rings. The summed E-state index contributed by atoms with van der Waals surface area (Å²) < 4.78 is 15.6. The van der Waals surface area contributed by atoms with E-state index in [-0.39, 0.29) is 36.7 Å². The number of esters is 1. The standard InChI is InChI=1S/C16H19NO5/c1-2-20-15(18)11-8-12(14-13(11)22-14)17-16(19)21-9-10-6-4-3-5-7-10/h3-7,11-14H,2,8-9H2,1H3,(H,17,19)/t11-,12+,13-,14+/m1/s1. The predicted molar refractivity (Wildman–Crippen MR) is 77.0 cm³/mol. The van der Waals surface area contributed by atoms with E-state index in [1.54, 1.807) is 6.92 Å². The van der Waals surface area contributed by atoms with Gasteiger partial charge in [0.2, 0.25) is 0 Å². The molecule has 1 N–H and O–H groups in total. The Morgan fingerprint density at radius 3 is 2.73 bits per heavy atom. The van der Waals surface area contributed by atoms with E-state index in [1.807, 2.05) is 30.3 Å². The Bertz CT molecular complexity index is 547.